The van der Waals surface area contributed by atoms with E-state index in [2.05, 4.69) is 22.1 Å². The van der Waals surface area contributed by atoms with Gasteiger partial charge in [-0.15, -0.1) is 0 Å². The van der Waals surface area contributed by atoms with Crippen LogP contribution >= 0.6 is 0 Å². The van der Waals surface area contributed by atoms with E-state index in [4.69, 9.17) is 10.5 Å². The molecule has 1 heterocycles. The standard InChI is InChI=1S/C17H17N3O/c1-12(18)14-8-7-13-5-2-3-6-15(13)17(14)21-11-16-19-9-4-10-20-16/h2-10,12H,11,18H2,1H3. The Kier molecular flexibility index (Phi) is 3.79. The largest absolute Gasteiger partial charge is 0.485 e. The number of rotatable bonds is 4. The summed E-state index contributed by atoms with van der Waals surface area (Å²) >= 11 is 0. The van der Waals surface area contributed by atoms with Gasteiger partial charge in [-0.1, -0.05) is 36.4 Å². The molecule has 3 rings (SSSR count). The molecule has 1 unspecified atom stereocenters. The lowest BCUT2D eigenvalue weighted by Gasteiger charge is -2.16. The monoisotopic (exact) mass is 279 g/mol. The van der Waals surface area contributed by atoms with E-state index in [-0.39, 0.29) is 6.04 Å². The fourth-order valence-electron chi connectivity index (χ4n) is 2.32. The first-order valence-corrected chi connectivity index (χ1v) is 6.91. The van der Waals surface area contributed by atoms with Gasteiger partial charge in [-0.2, -0.15) is 0 Å². The van der Waals surface area contributed by atoms with Crippen LogP contribution in [0.15, 0.2) is 54.9 Å². The minimum Gasteiger partial charge on any atom is -0.485 e. The Morgan fingerprint density at radius 2 is 1.81 bits per heavy atom. The summed E-state index contributed by atoms with van der Waals surface area (Å²) in [5.74, 6) is 1.47. The lowest BCUT2D eigenvalue weighted by Crippen LogP contribution is -2.09. The molecule has 0 aliphatic carbocycles. The van der Waals surface area contributed by atoms with Crippen molar-refractivity contribution < 1.29 is 4.74 Å². The van der Waals surface area contributed by atoms with Gasteiger partial charge in [0.2, 0.25) is 0 Å². The zero-order valence-electron chi connectivity index (χ0n) is 11.9. The topological polar surface area (TPSA) is 61.0 Å². The van der Waals surface area contributed by atoms with Crippen molar-refractivity contribution >= 4 is 10.8 Å². The quantitative estimate of drug-likeness (QED) is 0.796. The predicted molar refractivity (Wildman–Crippen MR) is 82.9 cm³/mol. The first kappa shape index (κ1) is 13.5. The molecule has 0 bridgehead atoms. The Morgan fingerprint density at radius 3 is 2.57 bits per heavy atom. The number of hydrogen-bond donors (Lipinski definition) is 1. The van der Waals surface area contributed by atoms with Gasteiger partial charge in [0.25, 0.3) is 0 Å². The lowest BCUT2D eigenvalue weighted by atomic mass is 10.0. The smallest absolute Gasteiger partial charge is 0.166 e. The molecule has 0 saturated carbocycles. The maximum Gasteiger partial charge on any atom is 0.166 e. The first-order valence-electron chi connectivity index (χ1n) is 6.91. The summed E-state index contributed by atoms with van der Waals surface area (Å²) in [4.78, 5) is 8.36. The number of fused-ring (bicyclic) bond motifs is 1. The maximum atomic E-state index is 6.06. The van der Waals surface area contributed by atoms with Crippen molar-refractivity contribution in [3.8, 4) is 5.75 Å². The highest BCUT2D eigenvalue weighted by Crippen LogP contribution is 2.33. The molecule has 0 fully saturated rings. The second kappa shape index (κ2) is 5.89. The van der Waals surface area contributed by atoms with Crippen LogP contribution in [0.2, 0.25) is 0 Å². The summed E-state index contributed by atoms with van der Waals surface area (Å²) in [6.07, 6.45) is 3.42. The van der Waals surface area contributed by atoms with Gasteiger partial charge >= 0.3 is 0 Å². The highest BCUT2D eigenvalue weighted by atomic mass is 16.5. The van der Waals surface area contributed by atoms with Crippen LogP contribution in [-0.2, 0) is 6.61 Å². The molecule has 0 aliphatic heterocycles. The van der Waals surface area contributed by atoms with Crippen LogP contribution < -0.4 is 10.5 Å². The van der Waals surface area contributed by atoms with Crippen molar-refractivity contribution in [2.75, 3.05) is 0 Å². The van der Waals surface area contributed by atoms with Crippen molar-refractivity contribution in [1.82, 2.24) is 9.97 Å². The van der Waals surface area contributed by atoms with E-state index in [0.29, 0.717) is 12.4 Å². The van der Waals surface area contributed by atoms with Crippen LogP contribution in [0, 0.1) is 0 Å². The predicted octanol–water partition coefficient (Wildman–Crippen LogP) is 3.23. The fourth-order valence-corrected chi connectivity index (χ4v) is 2.32. The van der Waals surface area contributed by atoms with Crippen LogP contribution in [0.5, 0.6) is 5.75 Å². The Balaban J connectivity index is 2.00. The van der Waals surface area contributed by atoms with Crippen molar-refractivity contribution in [2.45, 2.75) is 19.6 Å². The van der Waals surface area contributed by atoms with E-state index in [1.54, 1.807) is 18.5 Å². The molecule has 106 valence electrons. The second-order valence-corrected chi connectivity index (χ2v) is 4.95. The van der Waals surface area contributed by atoms with Crippen LogP contribution in [-0.4, -0.2) is 9.97 Å². The van der Waals surface area contributed by atoms with Gasteiger partial charge in [0, 0.05) is 29.4 Å². The van der Waals surface area contributed by atoms with E-state index in [9.17, 15) is 0 Å². The number of nitrogens with two attached hydrogens (primary N) is 1. The van der Waals surface area contributed by atoms with Gasteiger partial charge < -0.3 is 10.5 Å². The molecule has 0 spiro atoms. The number of aromatic nitrogens is 2. The van der Waals surface area contributed by atoms with Gasteiger partial charge in [0.15, 0.2) is 5.82 Å². The molecule has 0 amide bonds. The summed E-state index contributed by atoms with van der Waals surface area (Å²) in [6, 6.07) is 13.9. The third-order valence-corrected chi connectivity index (χ3v) is 3.37. The minimum atomic E-state index is -0.0960. The van der Waals surface area contributed by atoms with Crippen LogP contribution in [0.4, 0.5) is 0 Å². The molecule has 4 nitrogen and oxygen atoms in total. The molecule has 21 heavy (non-hydrogen) atoms. The second-order valence-electron chi connectivity index (χ2n) is 4.95. The van der Waals surface area contributed by atoms with E-state index in [1.807, 2.05) is 31.2 Å². The summed E-state index contributed by atoms with van der Waals surface area (Å²) in [6.45, 7) is 2.28. The third-order valence-electron chi connectivity index (χ3n) is 3.37. The van der Waals surface area contributed by atoms with E-state index >= 15 is 0 Å². The van der Waals surface area contributed by atoms with Gasteiger partial charge in [-0.05, 0) is 18.4 Å². The Labute approximate surface area is 123 Å². The summed E-state index contributed by atoms with van der Waals surface area (Å²) in [5.41, 5.74) is 7.05. The fraction of sp³-hybridized carbons (Fsp3) is 0.176. The Morgan fingerprint density at radius 1 is 1.05 bits per heavy atom. The van der Waals surface area contributed by atoms with Crippen LogP contribution in [0.25, 0.3) is 10.8 Å². The first-order chi connectivity index (χ1) is 10.3. The lowest BCUT2D eigenvalue weighted by molar-refractivity contribution is 0.295. The number of ether oxygens (including phenoxy) is 1. The molecule has 0 saturated heterocycles. The minimum absolute atomic E-state index is 0.0960. The van der Waals surface area contributed by atoms with Gasteiger partial charge in [-0.25, -0.2) is 9.97 Å². The van der Waals surface area contributed by atoms with E-state index in [1.165, 1.54) is 0 Å². The molecule has 0 radical (unpaired) electrons. The zero-order chi connectivity index (χ0) is 14.7. The van der Waals surface area contributed by atoms with E-state index < -0.39 is 0 Å². The normalized spacial score (nSPS) is 12.3. The Hall–Kier alpha value is -2.46. The zero-order valence-corrected chi connectivity index (χ0v) is 11.9. The highest BCUT2D eigenvalue weighted by molar-refractivity contribution is 5.89. The average Bonchev–Trinajstić information content (AvgIpc) is 2.53. The van der Waals surface area contributed by atoms with Crippen molar-refractivity contribution in [1.29, 1.82) is 0 Å². The summed E-state index contributed by atoms with van der Waals surface area (Å²) in [5, 5.41) is 2.19. The molecule has 2 aromatic carbocycles. The van der Waals surface area contributed by atoms with Crippen LogP contribution in [0.1, 0.15) is 24.4 Å². The molecule has 2 N–H and O–H groups in total. The third kappa shape index (κ3) is 2.85. The molecule has 4 heteroatoms. The summed E-state index contributed by atoms with van der Waals surface area (Å²) in [7, 11) is 0. The van der Waals surface area contributed by atoms with Crippen LogP contribution in [0.3, 0.4) is 0 Å². The van der Waals surface area contributed by atoms with Gasteiger partial charge in [0.1, 0.15) is 12.4 Å². The number of benzene rings is 2. The van der Waals surface area contributed by atoms with Crippen molar-refractivity contribution in [3.63, 3.8) is 0 Å². The van der Waals surface area contributed by atoms with Gasteiger partial charge in [0.05, 0.1) is 0 Å². The molecular weight excluding hydrogens is 262 g/mol. The average molecular weight is 279 g/mol. The molecule has 1 atom stereocenters. The number of hydrogen-bond acceptors (Lipinski definition) is 4. The molecular formula is C17H17N3O. The number of nitrogens with zero attached hydrogens (tertiary/aromatic N) is 2. The van der Waals surface area contributed by atoms with Crippen molar-refractivity contribution in [3.05, 3.63) is 66.2 Å². The van der Waals surface area contributed by atoms with Gasteiger partial charge in [-0.3, -0.25) is 0 Å². The Bertz CT molecular complexity index is 741. The van der Waals surface area contributed by atoms with E-state index in [0.717, 1.165) is 22.1 Å². The SMILES string of the molecule is CC(N)c1ccc2ccccc2c1OCc1ncccn1. The highest BCUT2D eigenvalue weighted by Gasteiger charge is 2.12. The maximum absolute atomic E-state index is 6.06. The molecule has 3 aromatic rings. The molecule has 0 aliphatic rings. The van der Waals surface area contributed by atoms with Crippen molar-refractivity contribution in [2.24, 2.45) is 5.73 Å². The molecule has 1 aromatic heterocycles. The summed E-state index contributed by atoms with van der Waals surface area (Å²) < 4.78 is 5.99.